The molecule has 1 atom stereocenters. The number of nitrogens with one attached hydrogen (secondary N) is 1. The molecule has 22 heavy (non-hydrogen) atoms. The quantitative estimate of drug-likeness (QED) is 0.836. The number of hydrogen-bond donors (Lipinski definition) is 1. The van der Waals surface area contributed by atoms with E-state index in [0.29, 0.717) is 11.7 Å². The number of fused-ring (bicyclic) bond motifs is 1. The molecule has 7 heteroatoms. The summed E-state index contributed by atoms with van der Waals surface area (Å²) < 4.78 is 2.17. The van der Waals surface area contributed by atoms with Crippen LogP contribution in [0.25, 0.3) is 10.2 Å². The maximum Gasteiger partial charge on any atom is 0.233 e. The first-order valence-corrected chi connectivity index (χ1v) is 8.97. The number of para-hydroxylation sites is 1. The predicted octanol–water partition coefficient (Wildman–Crippen LogP) is 2.88. The van der Waals surface area contributed by atoms with Gasteiger partial charge in [-0.25, -0.2) is 4.98 Å². The number of halogens is 1. The lowest BCUT2D eigenvalue weighted by Crippen LogP contribution is -2.31. The molecule has 0 aliphatic carbocycles. The highest BCUT2D eigenvalue weighted by molar-refractivity contribution is 8.01. The summed E-state index contributed by atoms with van der Waals surface area (Å²) in [6.45, 7) is 2.78. The van der Waals surface area contributed by atoms with Crippen LogP contribution in [0, 0.1) is 5.92 Å². The number of nitrogens with zero attached hydrogens (tertiary/aromatic N) is 2. The number of hydrogen-bond acceptors (Lipinski definition) is 5. The van der Waals surface area contributed by atoms with E-state index in [1.807, 2.05) is 30.1 Å². The van der Waals surface area contributed by atoms with Crippen molar-refractivity contribution in [3.05, 3.63) is 24.3 Å². The Morgan fingerprint density at radius 2 is 2.32 bits per heavy atom. The zero-order valence-corrected chi connectivity index (χ0v) is 14.9. The molecule has 1 amide bonds. The summed E-state index contributed by atoms with van der Waals surface area (Å²) >= 11 is 3.22. The Morgan fingerprint density at radius 1 is 1.50 bits per heavy atom. The van der Waals surface area contributed by atoms with Crippen molar-refractivity contribution in [2.75, 3.05) is 32.4 Å². The topological polar surface area (TPSA) is 45.2 Å². The highest BCUT2D eigenvalue weighted by atomic mass is 35.5. The Labute approximate surface area is 145 Å². The Hall–Kier alpha value is -0.820. The molecule has 0 saturated carbocycles. The maximum atomic E-state index is 12.2. The van der Waals surface area contributed by atoms with Crippen molar-refractivity contribution in [2.24, 2.45) is 5.92 Å². The van der Waals surface area contributed by atoms with Crippen LogP contribution in [0.1, 0.15) is 6.42 Å². The number of thiazole rings is 1. The molecular formula is C15H20ClN3OS2. The lowest BCUT2D eigenvalue weighted by molar-refractivity contribution is -0.127. The molecule has 120 valence electrons. The Kier molecular flexibility index (Phi) is 6.50. The number of aromatic nitrogens is 1. The summed E-state index contributed by atoms with van der Waals surface area (Å²) in [7, 11) is 1.97. The standard InChI is InChI=1S/C15H19N3OS2.ClH/c1-16-8-11-6-7-18(9-11)14(19)10-20-15-17-12-4-2-3-5-13(12)21-15;/h2-5,11,16H,6-10H2,1H3;1H. The Morgan fingerprint density at radius 3 is 3.09 bits per heavy atom. The molecule has 0 bridgehead atoms. The predicted molar refractivity (Wildman–Crippen MR) is 96.2 cm³/mol. The van der Waals surface area contributed by atoms with Gasteiger partial charge in [0, 0.05) is 13.1 Å². The van der Waals surface area contributed by atoms with Crippen molar-refractivity contribution < 1.29 is 4.79 Å². The van der Waals surface area contributed by atoms with E-state index in [0.717, 1.165) is 35.9 Å². The first-order valence-electron chi connectivity index (χ1n) is 7.17. The molecule has 0 spiro atoms. The molecule has 3 rings (SSSR count). The van der Waals surface area contributed by atoms with Gasteiger partial charge in [-0.2, -0.15) is 0 Å². The number of likely N-dealkylation sites (tertiary alicyclic amines) is 1. The van der Waals surface area contributed by atoms with Gasteiger partial charge in [0.25, 0.3) is 0 Å². The largest absolute Gasteiger partial charge is 0.342 e. The van der Waals surface area contributed by atoms with Crippen LogP contribution >= 0.6 is 35.5 Å². The molecular weight excluding hydrogens is 338 g/mol. The van der Waals surface area contributed by atoms with Crippen LogP contribution in [0.3, 0.4) is 0 Å². The van der Waals surface area contributed by atoms with Crippen molar-refractivity contribution in [1.29, 1.82) is 0 Å². The zero-order chi connectivity index (χ0) is 14.7. The fourth-order valence-corrected chi connectivity index (χ4v) is 4.61. The molecule has 2 heterocycles. The SMILES string of the molecule is CNCC1CCN(C(=O)CSc2nc3ccccc3s2)C1.Cl. The van der Waals surface area contributed by atoms with Crippen molar-refractivity contribution in [2.45, 2.75) is 10.8 Å². The maximum absolute atomic E-state index is 12.2. The van der Waals surface area contributed by atoms with Crippen LogP contribution in [-0.2, 0) is 4.79 Å². The highest BCUT2D eigenvalue weighted by Crippen LogP contribution is 2.29. The first-order chi connectivity index (χ1) is 10.3. The first kappa shape index (κ1) is 17.5. The van der Waals surface area contributed by atoms with Crippen LogP contribution in [0.2, 0.25) is 0 Å². The highest BCUT2D eigenvalue weighted by Gasteiger charge is 2.25. The Bertz CT molecular complexity index is 601. The molecule has 1 saturated heterocycles. The van der Waals surface area contributed by atoms with E-state index in [4.69, 9.17) is 0 Å². The fraction of sp³-hybridized carbons (Fsp3) is 0.467. The molecule has 0 radical (unpaired) electrons. The minimum absolute atomic E-state index is 0. The summed E-state index contributed by atoms with van der Waals surface area (Å²) in [4.78, 5) is 18.8. The summed E-state index contributed by atoms with van der Waals surface area (Å²) in [6, 6.07) is 8.10. The van der Waals surface area contributed by atoms with E-state index in [-0.39, 0.29) is 18.3 Å². The summed E-state index contributed by atoms with van der Waals surface area (Å²) in [5.74, 6) is 1.33. The van der Waals surface area contributed by atoms with Crippen LogP contribution in [0.15, 0.2) is 28.6 Å². The average molecular weight is 358 g/mol. The van der Waals surface area contributed by atoms with Gasteiger partial charge < -0.3 is 10.2 Å². The van der Waals surface area contributed by atoms with Gasteiger partial charge in [-0.1, -0.05) is 23.9 Å². The summed E-state index contributed by atoms with van der Waals surface area (Å²) in [5, 5.41) is 3.19. The van der Waals surface area contributed by atoms with E-state index in [9.17, 15) is 4.79 Å². The van der Waals surface area contributed by atoms with Crippen molar-refractivity contribution in [1.82, 2.24) is 15.2 Å². The second-order valence-electron chi connectivity index (χ2n) is 5.29. The second kappa shape index (κ2) is 8.15. The molecule has 4 nitrogen and oxygen atoms in total. The molecule has 1 fully saturated rings. The molecule has 1 N–H and O–H groups in total. The van der Waals surface area contributed by atoms with E-state index in [2.05, 4.69) is 16.4 Å². The number of carbonyl (C=O) groups excluding carboxylic acids is 1. The van der Waals surface area contributed by atoms with Gasteiger partial charge >= 0.3 is 0 Å². The minimum Gasteiger partial charge on any atom is -0.342 e. The average Bonchev–Trinajstić information content (AvgIpc) is 3.11. The van der Waals surface area contributed by atoms with Crippen LogP contribution < -0.4 is 5.32 Å². The number of amides is 1. The molecule has 1 aliphatic rings. The molecule has 2 aromatic rings. The van der Waals surface area contributed by atoms with Crippen LogP contribution in [0.4, 0.5) is 0 Å². The van der Waals surface area contributed by atoms with Gasteiger partial charge in [-0.3, -0.25) is 4.79 Å². The van der Waals surface area contributed by atoms with Gasteiger partial charge in [0.1, 0.15) is 0 Å². The van der Waals surface area contributed by atoms with Crippen molar-refractivity contribution in [3.63, 3.8) is 0 Å². The number of benzene rings is 1. The van der Waals surface area contributed by atoms with E-state index >= 15 is 0 Å². The molecule has 1 unspecified atom stereocenters. The van der Waals surface area contributed by atoms with E-state index in [1.165, 1.54) is 4.70 Å². The Balaban J connectivity index is 0.00000176. The summed E-state index contributed by atoms with van der Waals surface area (Å²) in [5.41, 5.74) is 1.02. The van der Waals surface area contributed by atoms with Crippen molar-refractivity contribution >= 4 is 51.6 Å². The monoisotopic (exact) mass is 357 g/mol. The van der Waals surface area contributed by atoms with Gasteiger partial charge in [-0.05, 0) is 38.1 Å². The normalized spacial score (nSPS) is 17.7. The van der Waals surface area contributed by atoms with E-state index in [1.54, 1.807) is 23.1 Å². The third kappa shape index (κ3) is 4.13. The molecule has 1 aliphatic heterocycles. The van der Waals surface area contributed by atoms with Gasteiger partial charge in [0.05, 0.1) is 16.0 Å². The minimum atomic E-state index is 0. The van der Waals surface area contributed by atoms with Gasteiger partial charge in [0.2, 0.25) is 5.91 Å². The molecule has 1 aromatic heterocycles. The van der Waals surface area contributed by atoms with Gasteiger partial charge in [-0.15, -0.1) is 23.7 Å². The summed E-state index contributed by atoms with van der Waals surface area (Å²) in [6.07, 6.45) is 1.11. The van der Waals surface area contributed by atoms with Gasteiger partial charge in [0.15, 0.2) is 4.34 Å². The zero-order valence-electron chi connectivity index (χ0n) is 12.4. The van der Waals surface area contributed by atoms with Crippen LogP contribution in [-0.4, -0.2) is 48.2 Å². The number of carbonyl (C=O) groups is 1. The van der Waals surface area contributed by atoms with Crippen LogP contribution in [0.5, 0.6) is 0 Å². The fourth-order valence-electron chi connectivity index (χ4n) is 2.64. The number of thioether (sulfide) groups is 1. The molecule has 1 aromatic carbocycles. The lowest BCUT2D eigenvalue weighted by Gasteiger charge is -2.15. The van der Waals surface area contributed by atoms with E-state index < -0.39 is 0 Å². The second-order valence-corrected chi connectivity index (χ2v) is 7.54. The van der Waals surface area contributed by atoms with Crippen molar-refractivity contribution in [3.8, 4) is 0 Å². The third-order valence-electron chi connectivity index (χ3n) is 3.72. The number of rotatable bonds is 5. The smallest absolute Gasteiger partial charge is 0.233 e. The third-order valence-corrected chi connectivity index (χ3v) is 5.89. The lowest BCUT2D eigenvalue weighted by atomic mass is 10.1.